The Morgan fingerprint density at radius 1 is 1.00 bits per heavy atom. The van der Waals surface area contributed by atoms with E-state index in [4.69, 9.17) is 4.74 Å². The highest BCUT2D eigenvalue weighted by Gasteiger charge is 2.26. The van der Waals surface area contributed by atoms with Crippen molar-refractivity contribution in [3.8, 4) is 5.69 Å². The van der Waals surface area contributed by atoms with Crippen molar-refractivity contribution >= 4 is 16.9 Å². The minimum atomic E-state index is -0.351. The molecule has 0 aliphatic heterocycles. The van der Waals surface area contributed by atoms with Crippen LogP contribution in [0.25, 0.3) is 16.6 Å². The number of aryl methyl sites for hydroxylation is 1. The van der Waals surface area contributed by atoms with Crippen molar-refractivity contribution in [1.82, 2.24) is 4.57 Å². The number of carbonyl (C=O) groups excluding carboxylic acids is 1. The maximum atomic E-state index is 13.9. The highest BCUT2D eigenvalue weighted by atomic mass is 19.1. The third kappa shape index (κ3) is 3.61. The smallest absolute Gasteiger partial charge is 0.340 e. The average molecular weight is 401 g/mol. The lowest BCUT2D eigenvalue weighted by molar-refractivity contribution is 0.0473. The summed E-state index contributed by atoms with van der Waals surface area (Å²) in [6.07, 6.45) is 0. The molecular weight excluding hydrogens is 377 g/mol. The number of carbonyl (C=O) groups is 1. The van der Waals surface area contributed by atoms with Gasteiger partial charge in [-0.3, -0.25) is 0 Å². The van der Waals surface area contributed by atoms with E-state index in [0.29, 0.717) is 11.1 Å². The highest BCUT2D eigenvalue weighted by Crippen LogP contribution is 2.35. The van der Waals surface area contributed by atoms with E-state index >= 15 is 0 Å². The zero-order chi connectivity index (χ0) is 21.3. The van der Waals surface area contributed by atoms with Gasteiger partial charge in [0.2, 0.25) is 0 Å². The second kappa shape index (κ2) is 8.15. The summed E-state index contributed by atoms with van der Waals surface area (Å²) in [6.45, 7) is 6.06. The highest BCUT2D eigenvalue weighted by molar-refractivity contribution is 6.06. The van der Waals surface area contributed by atoms with Gasteiger partial charge in [0, 0.05) is 16.8 Å². The third-order valence-corrected chi connectivity index (χ3v) is 5.27. The van der Waals surface area contributed by atoms with Crippen molar-refractivity contribution in [3.05, 3.63) is 101 Å². The lowest BCUT2D eigenvalue weighted by atomic mass is 10.0. The molecule has 1 aromatic heterocycles. The zero-order valence-electron chi connectivity index (χ0n) is 17.4. The van der Waals surface area contributed by atoms with E-state index in [0.717, 1.165) is 27.8 Å². The molecule has 0 unspecified atom stereocenters. The Morgan fingerprint density at radius 3 is 2.40 bits per heavy atom. The van der Waals surface area contributed by atoms with Gasteiger partial charge in [-0.25, -0.2) is 9.18 Å². The number of esters is 1. The van der Waals surface area contributed by atoms with Crippen LogP contribution in [0.4, 0.5) is 4.39 Å². The van der Waals surface area contributed by atoms with Gasteiger partial charge >= 0.3 is 5.97 Å². The van der Waals surface area contributed by atoms with Crippen LogP contribution in [0.15, 0.2) is 72.8 Å². The molecule has 4 aromatic rings. The SMILES string of the molecule is Cc1cc(-n2c(C(C)C)c(C(=O)OCc3ccccc3)c3ccccc32)ccc1F. The standard InChI is InChI=1S/C26H24FNO2/c1-17(2)25-24(26(29)30-16-19-9-5-4-6-10-19)21-11-7-8-12-23(21)28(25)20-13-14-22(27)18(3)15-20/h4-15,17H,16H2,1-3H3. The van der Waals surface area contributed by atoms with Crippen LogP contribution in [-0.4, -0.2) is 10.5 Å². The monoisotopic (exact) mass is 401 g/mol. The summed E-state index contributed by atoms with van der Waals surface area (Å²) in [7, 11) is 0. The molecule has 30 heavy (non-hydrogen) atoms. The summed E-state index contributed by atoms with van der Waals surface area (Å²) in [5, 5.41) is 0.834. The van der Waals surface area contributed by atoms with E-state index in [2.05, 4.69) is 13.8 Å². The van der Waals surface area contributed by atoms with Crippen LogP contribution in [-0.2, 0) is 11.3 Å². The predicted octanol–water partition coefficient (Wildman–Crippen LogP) is 6.56. The van der Waals surface area contributed by atoms with Crippen LogP contribution in [0.2, 0.25) is 0 Å². The number of ether oxygens (including phenoxy) is 1. The Kier molecular flexibility index (Phi) is 5.40. The lowest BCUT2D eigenvalue weighted by Gasteiger charge is -2.16. The number of halogens is 1. The molecule has 0 bridgehead atoms. The Labute approximate surface area is 175 Å². The van der Waals surface area contributed by atoms with E-state index in [1.54, 1.807) is 13.0 Å². The van der Waals surface area contributed by atoms with Gasteiger partial charge in [-0.05, 0) is 48.2 Å². The van der Waals surface area contributed by atoms with Gasteiger partial charge in [-0.2, -0.15) is 0 Å². The largest absolute Gasteiger partial charge is 0.457 e. The molecule has 3 nitrogen and oxygen atoms in total. The van der Waals surface area contributed by atoms with Crippen molar-refractivity contribution in [2.45, 2.75) is 33.3 Å². The number of nitrogens with zero attached hydrogens (tertiary/aromatic N) is 1. The van der Waals surface area contributed by atoms with Gasteiger partial charge < -0.3 is 9.30 Å². The number of hydrogen-bond acceptors (Lipinski definition) is 2. The fourth-order valence-corrected chi connectivity index (χ4v) is 3.86. The minimum absolute atomic E-state index is 0.0574. The van der Waals surface area contributed by atoms with Gasteiger partial charge in [0.15, 0.2) is 0 Å². The van der Waals surface area contributed by atoms with Crippen molar-refractivity contribution in [2.24, 2.45) is 0 Å². The van der Waals surface area contributed by atoms with Crippen LogP contribution in [0.5, 0.6) is 0 Å². The first-order chi connectivity index (χ1) is 14.5. The van der Waals surface area contributed by atoms with Crippen LogP contribution < -0.4 is 0 Å². The van der Waals surface area contributed by atoms with Gasteiger partial charge in [-0.15, -0.1) is 0 Å². The summed E-state index contributed by atoms with van der Waals surface area (Å²) in [5.74, 6) is -0.540. The Hall–Kier alpha value is -3.40. The van der Waals surface area contributed by atoms with Gasteiger partial charge in [0.05, 0.1) is 11.1 Å². The van der Waals surface area contributed by atoms with E-state index in [1.165, 1.54) is 6.07 Å². The lowest BCUT2D eigenvalue weighted by Crippen LogP contribution is -2.11. The maximum Gasteiger partial charge on any atom is 0.340 e. The number of aromatic nitrogens is 1. The summed E-state index contributed by atoms with van der Waals surface area (Å²) in [4.78, 5) is 13.2. The number of benzene rings is 3. The number of fused-ring (bicyclic) bond motifs is 1. The number of hydrogen-bond donors (Lipinski definition) is 0. The first-order valence-electron chi connectivity index (χ1n) is 10.1. The fraction of sp³-hybridized carbons (Fsp3) is 0.192. The van der Waals surface area contributed by atoms with E-state index in [9.17, 15) is 9.18 Å². The molecule has 0 saturated carbocycles. The molecule has 0 amide bonds. The topological polar surface area (TPSA) is 31.2 Å². The Morgan fingerprint density at radius 2 is 1.70 bits per heavy atom. The predicted molar refractivity (Wildman–Crippen MR) is 118 cm³/mol. The summed E-state index contributed by atoms with van der Waals surface area (Å²) < 4.78 is 21.6. The zero-order valence-corrected chi connectivity index (χ0v) is 17.4. The summed E-state index contributed by atoms with van der Waals surface area (Å²) >= 11 is 0. The number of rotatable bonds is 5. The molecule has 0 N–H and O–H groups in total. The molecular formula is C26H24FNO2. The second-order valence-electron chi connectivity index (χ2n) is 7.76. The van der Waals surface area contributed by atoms with Crippen molar-refractivity contribution in [2.75, 3.05) is 0 Å². The molecule has 0 saturated heterocycles. The quantitative estimate of drug-likeness (QED) is 0.355. The Bertz CT molecular complexity index is 1210. The van der Waals surface area contributed by atoms with E-state index < -0.39 is 0 Å². The number of para-hydroxylation sites is 1. The molecule has 0 atom stereocenters. The normalized spacial score (nSPS) is 11.2. The third-order valence-electron chi connectivity index (χ3n) is 5.27. The first-order valence-corrected chi connectivity index (χ1v) is 10.1. The van der Waals surface area contributed by atoms with Crippen molar-refractivity contribution < 1.29 is 13.9 Å². The van der Waals surface area contributed by atoms with Crippen LogP contribution in [0.1, 0.15) is 46.9 Å². The molecule has 3 aromatic carbocycles. The molecule has 0 spiro atoms. The van der Waals surface area contributed by atoms with E-state index in [1.807, 2.05) is 65.2 Å². The molecule has 1 heterocycles. The van der Waals surface area contributed by atoms with Crippen LogP contribution in [0, 0.1) is 12.7 Å². The van der Waals surface area contributed by atoms with E-state index in [-0.39, 0.29) is 24.3 Å². The molecule has 0 radical (unpaired) electrons. The molecule has 0 aliphatic rings. The molecule has 4 heteroatoms. The van der Waals surface area contributed by atoms with Gasteiger partial charge in [0.1, 0.15) is 12.4 Å². The minimum Gasteiger partial charge on any atom is -0.457 e. The van der Waals surface area contributed by atoms with Crippen molar-refractivity contribution in [3.63, 3.8) is 0 Å². The first kappa shape index (κ1) is 19.9. The molecule has 0 fully saturated rings. The summed E-state index contributed by atoms with van der Waals surface area (Å²) in [5.41, 5.74) is 4.66. The molecule has 0 aliphatic carbocycles. The summed E-state index contributed by atoms with van der Waals surface area (Å²) in [6, 6.07) is 22.4. The maximum absolute atomic E-state index is 13.9. The second-order valence-corrected chi connectivity index (χ2v) is 7.76. The fourth-order valence-electron chi connectivity index (χ4n) is 3.86. The van der Waals surface area contributed by atoms with Crippen molar-refractivity contribution in [1.29, 1.82) is 0 Å². The van der Waals surface area contributed by atoms with Gasteiger partial charge in [0.25, 0.3) is 0 Å². The van der Waals surface area contributed by atoms with Gasteiger partial charge in [-0.1, -0.05) is 62.4 Å². The van der Waals surface area contributed by atoms with Crippen LogP contribution >= 0.6 is 0 Å². The Balaban J connectivity index is 1.86. The molecule has 152 valence electrons. The molecule has 4 rings (SSSR count). The van der Waals surface area contributed by atoms with Crippen LogP contribution in [0.3, 0.4) is 0 Å². The average Bonchev–Trinajstić information content (AvgIpc) is 3.10.